The first kappa shape index (κ1) is 21.3. The van der Waals surface area contributed by atoms with Gasteiger partial charge in [0.2, 0.25) is 0 Å². The molecule has 3 N–H and O–H groups in total. The summed E-state index contributed by atoms with van der Waals surface area (Å²) < 4.78 is 1.79. The van der Waals surface area contributed by atoms with Crippen molar-refractivity contribution < 1.29 is 15.0 Å². The van der Waals surface area contributed by atoms with Gasteiger partial charge in [-0.15, -0.1) is 0 Å². The first-order chi connectivity index (χ1) is 14.8. The van der Waals surface area contributed by atoms with Crippen LogP contribution in [-0.4, -0.2) is 50.4 Å². The number of piperidine rings is 1. The number of aromatic nitrogens is 3. The minimum atomic E-state index is -0.955. The summed E-state index contributed by atoms with van der Waals surface area (Å²) in [6.07, 6.45) is 4.57. The predicted octanol–water partition coefficient (Wildman–Crippen LogP) is 2.81. The van der Waals surface area contributed by atoms with Crippen molar-refractivity contribution in [2.24, 2.45) is 5.92 Å². The monoisotopic (exact) mass is 423 g/mol. The number of benzene rings is 1. The summed E-state index contributed by atoms with van der Waals surface area (Å²) in [5.41, 5.74) is 0.954. The number of anilines is 2. The van der Waals surface area contributed by atoms with Crippen molar-refractivity contribution in [2.75, 3.05) is 29.9 Å². The lowest BCUT2D eigenvalue weighted by atomic mass is 9.94. The molecule has 0 spiro atoms. The Kier molecular flexibility index (Phi) is 5.93. The number of nitrogens with one attached hydrogen (secondary N) is 1. The summed E-state index contributed by atoms with van der Waals surface area (Å²) in [5, 5.41) is 26.6. The molecule has 4 rings (SSSR count). The number of fused-ring (bicyclic) bond motifs is 1. The predicted molar refractivity (Wildman–Crippen MR) is 119 cm³/mol. The molecule has 1 amide bonds. The van der Waals surface area contributed by atoms with Gasteiger partial charge in [0.25, 0.3) is 5.91 Å². The van der Waals surface area contributed by atoms with Crippen LogP contribution in [0.5, 0.6) is 0 Å². The number of nitrogens with zero attached hydrogens (tertiary/aromatic N) is 4. The van der Waals surface area contributed by atoms with E-state index in [-0.39, 0.29) is 12.5 Å². The van der Waals surface area contributed by atoms with Crippen molar-refractivity contribution in [2.45, 2.75) is 38.7 Å². The maximum absolute atomic E-state index is 12.8. The van der Waals surface area contributed by atoms with Gasteiger partial charge >= 0.3 is 0 Å². The minimum absolute atomic E-state index is 0.232. The van der Waals surface area contributed by atoms with E-state index >= 15 is 0 Å². The van der Waals surface area contributed by atoms with E-state index in [1.54, 1.807) is 48.8 Å². The highest BCUT2D eigenvalue weighted by Crippen LogP contribution is 2.27. The number of aliphatic hydroxyl groups is 2. The average molecular weight is 424 g/mol. The second-order valence-electron chi connectivity index (χ2n) is 8.63. The Hall–Kier alpha value is -2.97. The molecule has 3 aromatic rings. The van der Waals surface area contributed by atoms with Gasteiger partial charge in [0.15, 0.2) is 5.65 Å². The molecule has 0 atom stereocenters. The van der Waals surface area contributed by atoms with Crippen LogP contribution in [0, 0.1) is 5.92 Å². The van der Waals surface area contributed by atoms with E-state index < -0.39 is 5.60 Å². The third-order valence-corrected chi connectivity index (χ3v) is 5.91. The maximum Gasteiger partial charge on any atom is 0.256 e. The van der Waals surface area contributed by atoms with Crippen LogP contribution in [0.15, 0.2) is 42.6 Å². The van der Waals surface area contributed by atoms with Crippen LogP contribution in [0.25, 0.3) is 5.65 Å². The molecular formula is C23H29N5O3. The van der Waals surface area contributed by atoms with Crippen LogP contribution in [0.3, 0.4) is 0 Å². The lowest BCUT2D eigenvalue weighted by molar-refractivity contribution is 0.0785. The first-order valence-electron chi connectivity index (χ1n) is 10.7. The Balaban J connectivity index is 1.54. The molecule has 3 heterocycles. The van der Waals surface area contributed by atoms with Crippen molar-refractivity contribution >= 4 is 23.2 Å². The quantitative estimate of drug-likeness (QED) is 0.563. The van der Waals surface area contributed by atoms with E-state index in [2.05, 4.69) is 20.3 Å². The summed E-state index contributed by atoms with van der Waals surface area (Å²) in [6, 6.07) is 10.6. The van der Waals surface area contributed by atoms with Crippen LogP contribution in [0.1, 0.15) is 49.0 Å². The van der Waals surface area contributed by atoms with E-state index in [0.29, 0.717) is 22.9 Å². The topological polar surface area (TPSA) is 103 Å². The number of rotatable bonds is 6. The SMILES string of the molecule is CC(C)(O)c1ccc(C(=O)Nc2cc(N3CCC(CCO)CC3)n3nccc3n2)cc1. The van der Waals surface area contributed by atoms with E-state index in [0.717, 1.165) is 43.7 Å². The Labute approximate surface area is 181 Å². The van der Waals surface area contributed by atoms with Crippen molar-refractivity contribution in [3.05, 3.63) is 53.7 Å². The number of aliphatic hydroxyl groups excluding tert-OH is 1. The molecule has 1 aliphatic heterocycles. The molecule has 31 heavy (non-hydrogen) atoms. The van der Waals surface area contributed by atoms with E-state index in [1.165, 1.54) is 0 Å². The van der Waals surface area contributed by atoms with Crippen molar-refractivity contribution in [3.8, 4) is 0 Å². The van der Waals surface area contributed by atoms with Gasteiger partial charge in [0.05, 0.1) is 11.8 Å². The zero-order valence-electron chi connectivity index (χ0n) is 18.0. The number of amides is 1. The zero-order valence-corrected chi connectivity index (χ0v) is 18.0. The van der Waals surface area contributed by atoms with Gasteiger partial charge in [-0.3, -0.25) is 4.79 Å². The fraction of sp³-hybridized carbons (Fsp3) is 0.435. The molecule has 0 aliphatic carbocycles. The van der Waals surface area contributed by atoms with Gasteiger partial charge in [-0.05, 0) is 56.7 Å². The molecule has 1 aliphatic rings. The molecule has 1 saturated heterocycles. The van der Waals surface area contributed by atoms with Crippen molar-refractivity contribution in [1.29, 1.82) is 0 Å². The van der Waals surface area contributed by atoms with Gasteiger partial charge in [-0.1, -0.05) is 12.1 Å². The lowest BCUT2D eigenvalue weighted by Gasteiger charge is -2.33. The molecule has 2 aromatic heterocycles. The van der Waals surface area contributed by atoms with Gasteiger partial charge in [0, 0.05) is 37.4 Å². The maximum atomic E-state index is 12.8. The van der Waals surface area contributed by atoms with E-state index in [1.807, 2.05) is 12.1 Å². The van der Waals surface area contributed by atoms with Crippen molar-refractivity contribution in [1.82, 2.24) is 14.6 Å². The Morgan fingerprint density at radius 1 is 1.19 bits per heavy atom. The van der Waals surface area contributed by atoms with Gasteiger partial charge in [0.1, 0.15) is 11.6 Å². The van der Waals surface area contributed by atoms with Gasteiger partial charge in [-0.2, -0.15) is 9.61 Å². The standard InChI is InChI=1S/C23H29N5O3/c1-23(2,31)18-5-3-17(4-6-18)22(30)26-19-15-21(28-20(25-19)7-11-24-28)27-12-8-16(9-13-27)10-14-29/h3-7,11,15-16,29,31H,8-10,12-14H2,1-2H3,(H,25,26,30). The van der Waals surface area contributed by atoms with Crippen LogP contribution in [-0.2, 0) is 5.60 Å². The molecule has 8 heteroatoms. The van der Waals surface area contributed by atoms with Gasteiger partial charge < -0.3 is 20.4 Å². The highest BCUT2D eigenvalue weighted by atomic mass is 16.3. The number of carbonyl (C=O) groups excluding carboxylic acids is 1. The van der Waals surface area contributed by atoms with Crippen LogP contribution >= 0.6 is 0 Å². The molecule has 0 unspecified atom stereocenters. The molecule has 1 aromatic carbocycles. The molecule has 1 fully saturated rings. The summed E-state index contributed by atoms with van der Waals surface area (Å²) in [5.74, 6) is 1.65. The smallest absolute Gasteiger partial charge is 0.256 e. The largest absolute Gasteiger partial charge is 0.396 e. The van der Waals surface area contributed by atoms with E-state index in [9.17, 15) is 15.0 Å². The highest BCUT2D eigenvalue weighted by Gasteiger charge is 2.22. The zero-order chi connectivity index (χ0) is 22.0. The second-order valence-corrected chi connectivity index (χ2v) is 8.63. The minimum Gasteiger partial charge on any atom is -0.396 e. The molecule has 8 nitrogen and oxygen atoms in total. The number of hydrogen-bond acceptors (Lipinski definition) is 6. The average Bonchev–Trinajstić information content (AvgIpc) is 3.22. The van der Waals surface area contributed by atoms with Crippen LogP contribution in [0.4, 0.5) is 11.6 Å². The summed E-state index contributed by atoms with van der Waals surface area (Å²) in [6.45, 7) is 5.39. The van der Waals surface area contributed by atoms with Crippen LogP contribution in [0.2, 0.25) is 0 Å². The molecule has 164 valence electrons. The third kappa shape index (κ3) is 4.70. The molecule has 0 saturated carbocycles. The number of hydrogen-bond donors (Lipinski definition) is 3. The van der Waals surface area contributed by atoms with Gasteiger partial charge in [-0.25, -0.2) is 4.98 Å². The normalized spacial score (nSPS) is 15.4. The summed E-state index contributed by atoms with van der Waals surface area (Å²) >= 11 is 0. The van der Waals surface area contributed by atoms with Crippen molar-refractivity contribution in [3.63, 3.8) is 0 Å². The van der Waals surface area contributed by atoms with E-state index in [4.69, 9.17) is 0 Å². The van der Waals surface area contributed by atoms with Crippen LogP contribution < -0.4 is 10.2 Å². The fourth-order valence-corrected chi connectivity index (χ4v) is 4.04. The molecule has 0 radical (unpaired) electrons. The number of carbonyl (C=O) groups is 1. The lowest BCUT2D eigenvalue weighted by Crippen LogP contribution is -2.35. The highest BCUT2D eigenvalue weighted by molar-refractivity contribution is 6.04. The summed E-state index contributed by atoms with van der Waals surface area (Å²) in [7, 11) is 0. The Morgan fingerprint density at radius 2 is 1.90 bits per heavy atom. The molecular weight excluding hydrogens is 394 g/mol. The second kappa shape index (κ2) is 8.64. The molecule has 0 bridgehead atoms. The first-order valence-corrected chi connectivity index (χ1v) is 10.7. The summed E-state index contributed by atoms with van der Waals surface area (Å²) in [4.78, 5) is 19.6. The third-order valence-electron chi connectivity index (χ3n) is 5.91. The fourth-order valence-electron chi connectivity index (χ4n) is 4.04. The Bertz CT molecular complexity index is 1050. The Morgan fingerprint density at radius 3 is 2.55 bits per heavy atom.